The maximum absolute atomic E-state index is 2.91. The highest BCUT2D eigenvalue weighted by Crippen LogP contribution is 2.20. The Labute approximate surface area is 324 Å². The summed E-state index contributed by atoms with van der Waals surface area (Å²) in [5.74, 6) is 0. The van der Waals surface area contributed by atoms with E-state index in [-0.39, 0.29) is 0 Å². The lowest BCUT2D eigenvalue weighted by molar-refractivity contribution is 0.746. The molecule has 0 aromatic heterocycles. The van der Waals surface area contributed by atoms with Crippen LogP contribution in [0, 0.1) is 0 Å². The van der Waals surface area contributed by atoms with Gasteiger partial charge < -0.3 is 0 Å². The minimum atomic E-state index is -0.573. The lowest BCUT2D eigenvalue weighted by Gasteiger charge is -2.34. The number of unbranched alkanes of at least 4 members (excludes halogenated alkanes) is 16. The van der Waals surface area contributed by atoms with Crippen LogP contribution in [-0.2, 0) is 0 Å². The molecule has 1 rings (SSSR count). The molecule has 290 valence electrons. The zero-order chi connectivity index (χ0) is 36.7. The summed E-state index contributed by atoms with van der Waals surface area (Å²) in [5, 5.41) is 8.44. The maximum Gasteiger partial charge on any atom is 0.0854 e. The van der Waals surface area contributed by atoms with Crippen molar-refractivity contribution >= 4 is 55.9 Å². The molecule has 4 heteroatoms. The van der Waals surface area contributed by atoms with E-state index < -0.39 is 35.2 Å². The number of rotatable bonds is 36. The Balaban J connectivity index is 4.20. The summed E-state index contributed by atoms with van der Waals surface area (Å²) < 4.78 is 0. The fourth-order valence-electron chi connectivity index (χ4n) is 8.17. The van der Waals surface area contributed by atoms with Crippen molar-refractivity contribution in [3.63, 3.8) is 0 Å². The van der Waals surface area contributed by atoms with Gasteiger partial charge in [-0.15, -0.1) is 0 Å². The van der Waals surface area contributed by atoms with Gasteiger partial charge in [0.05, 0.1) is 35.2 Å². The van der Waals surface area contributed by atoms with Crippen molar-refractivity contribution in [1.29, 1.82) is 0 Å². The molecule has 4 radical (unpaired) electrons. The van der Waals surface area contributed by atoms with E-state index >= 15 is 0 Å². The summed E-state index contributed by atoms with van der Waals surface area (Å²) in [6, 6.07) is 18.3. The van der Waals surface area contributed by atoms with Crippen LogP contribution in [-0.4, -0.2) is 35.2 Å². The van der Waals surface area contributed by atoms with Gasteiger partial charge >= 0.3 is 0 Å². The average molecular weight is 756 g/mol. The molecule has 0 heterocycles. The molecule has 0 unspecified atom stereocenters. The molecule has 1 aromatic carbocycles. The highest BCUT2D eigenvalue weighted by molar-refractivity contribution is 6.94. The minimum absolute atomic E-state index is 0.535. The smallest absolute Gasteiger partial charge is 0.0654 e. The van der Waals surface area contributed by atoms with Crippen LogP contribution in [0.1, 0.15) is 209 Å². The van der Waals surface area contributed by atoms with Crippen molar-refractivity contribution in [2.45, 2.75) is 258 Å². The first-order valence-electron chi connectivity index (χ1n) is 23.1. The van der Waals surface area contributed by atoms with Gasteiger partial charge in [0.2, 0.25) is 0 Å². The molecule has 0 saturated carbocycles. The molecule has 0 fully saturated rings. The van der Waals surface area contributed by atoms with Crippen LogP contribution in [0.25, 0.3) is 0 Å². The molecule has 0 atom stereocenters. The molecule has 0 spiro atoms. The first-order valence-corrected chi connectivity index (χ1v) is 30.8. The standard InChI is InChI=1S/C46H90Si4/c1-9-17-25-35-47(36-26-18-10-2)43-33-34-44(48(37-27-19-11-3)38-28-20-12-4)46(50(41-31-23-15-7)42-32-24-16-8)45(43)49(39-29-21-13-5)40-30-22-14-6/h33-34H,9-32,35-42H2,1-8H3. The number of benzene rings is 1. The summed E-state index contributed by atoms with van der Waals surface area (Å²) in [5.41, 5.74) is 0. The molecule has 1 aromatic rings. The highest BCUT2D eigenvalue weighted by Gasteiger charge is 2.33. The van der Waals surface area contributed by atoms with Crippen LogP contribution in [0.5, 0.6) is 0 Å². The van der Waals surface area contributed by atoms with Gasteiger partial charge in [-0.1, -0.05) is 291 Å². The van der Waals surface area contributed by atoms with Crippen LogP contribution >= 0.6 is 0 Å². The minimum Gasteiger partial charge on any atom is -0.0654 e. The number of hydrogen-bond donors (Lipinski definition) is 0. The van der Waals surface area contributed by atoms with Gasteiger partial charge in [-0.3, -0.25) is 0 Å². The SMILES string of the molecule is CCCCC[Si](CCCCC)c1ccc([Si](CCCCC)CCCCC)c([Si](CCCCC)CCCCC)c1[Si](CCCCC)CCCCC. The second-order valence-electron chi connectivity index (χ2n) is 16.0. The lowest BCUT2D eigenvalue weighted by Crippen LogP contribution is -2.65. The summed E-state index contributed by atoms with van der Waals surface area (Å²) in [6.07, 6.45) is 34.4. The van der Waals surface area contributed by atoms with Crippen molar-refractivity contribution in [2.75, 3.05) is 0 Å². The Kier molecular flexibility index (Phi) is 32.4. The van der Waals surface area contributed by atoms with Crippen molar-refractivity contribution in [3.8, 4) is 0 Å². The lowest BCUT2D eigenvalue weighted by atomic mass is 10.3. The fraction of sp³-hybridized carbons (Fsp3) is 0.870. The third-order valence-electron chi connectivity index (χ3n) is 11.3. The molecule has 0 aliphatic heterocycles. The second-order valence-corrected chi connectivity index (χ2v) is 26.9. The van der Waals surface area contributed by atoms with Crippen LogP contribution in [0.2, 0.25) is 48.4 Å². The molecule has 0 nitrogen and oxygen atoms in total. The van der Waals surface area contributed by atoms with Gasteiger partial charge in [0.15, 0.2) is 0 Å². The summed E-state index contributed by atoms with van der Waals surface area (Å²) >= 11 is 0. The topological polar surface area (TPSA) is 0 Å². The molecular weight excluding hydrogens is 665 g/mol. The summed E-state index contributed by atoms with van der Waals surface area (Å²) in [4.78, 5) is 0. The Morgan fingerprint density at radius 1 is 0.260 bits per heavy atom. The Morgan fingerprint density at radius 3 is 0.620 bits per heavy atom. The van der Waals surface area contributed by atoms with Crippen molar-refractivity contribution < 1.29 is 0 Å². The van der Waals surface area contributed by atoms with E-state index in [1.54, 1.807) is 48.4 Å². The van der Waals surface area contributed by atoms with E-state index in [9.17, 15) is 0 Å². The van der Waals surface area contributed by atoms with Crippen LogP contribution in [0.3, 0.4) is 0 Å². The van der Waals surface area contributed by atoms with E-state index in [4.69, 9.17) is 0 Å². The van der Waals surface area contributed by atoms with Crippen molar-refractivity contribution in [1.82, 2.24) is 0 Å². The third kappa shape index (κ3) is 20.0. The molecule has 0 saturated heterocycles. The molecule has 0 aliphatic carbocycles. The molecule has 0 amide bonds. The van der Waals surface area contributed by atoms with E-state index in [0.29, 0.717) is 0 Å². The zero-order valence-electron chi connectivity index (χ0n) is 35.8. The van der Waals surface area contributed by atoms with E-state index in [1.165, 1.54) is 154 Å². The Bertz CT molecular complexity index is 774. The third-order valence-corrected chi connectivity index (χ3v) is 24.5. The second kappa shape index (κ2) is 33.6. The van der Waals surface area contributed by atoms with E-state index in [0.717, 1.165) is 0 Å². The predicted octanol–water partition coefficient (Wildman–Crippen LogP) is 14.0. The quantitative estimate of drug-likeness (QED) is 0.0473. The van der Waals surface area contributed by atoms with Crippen LogP contribution in [0.15, 0.2) is 12.1 Å². The van der Waals surface area contributed by atoms with E-state index in [1.807, 2.05) is 10.4 Å². The first-order chi connectivity index (χ1) is 24.6. The molecule has 0 aliphatic rings. The normalized spacial score (nSPS) is 12.1. The molecule has 0 N–H and O–H groups in total. The monoisotopic (exact) mass is 755 g/mol. The van der Waals surface area contributed by atoms with Gasteiger partial charge in [0.1, 0.15) is 0 Å². The van der Waals surface area contributed by atoms with Gasteiger partial charge in [-0.2, -0.15) is 0 Å². The van der Waals surface area contributed by atoms with Crippen LogP contribution in [0.4, 0.5) is 0 Å². The molecular formula is C46H90Si4. The van der Waals surface area contributed by atoms with Crippen LogP contribution < -0.4 is 20.7 Å². The van der Waals surface area contributed by atoms with Gasteiger partial charge in [0, 0.05) is 0 Å². The fourth-order valence-corrected chi connectivity index (χ4v) is 23.6. The summed E-state index contributed by atoms with van der Waals surface area (Å²) in [7, 11) is -2.22. The first kappa shape index (κ1) is 48.1. The highest BCUT2D eigenvalue weighted by atomic mass is 28.3. The van der Waals surface area contributed by atoms with Gasteiger partial charge in [-0.05, 0) is 0 Å². The van der Waals surface area contributed by atoms with Gasteiger partial charge in [-0.25, -0.2) is 0 Å². The number of hydrogen-bond acceptors (Lipinski definition) is 0. The molecule has 50 heavy (non-hydrogen) atoms. The largest absolute Gasteiger partial charge is 0.0854 e. The summed E-state index contributed by atoms with van der Waals surface area (Å²) in [6.45, 7) is 19.4. The predicted molar refractivity (Wildman–Crippen MR) is 243 cm³/mol. The zero-order valence-corrected chi connectivity index (χ0v) is 39.8. The Morgan fingerprint density at radius 2 is 0.440 bits per heavy atom. The Hall–Kier alpha value is 0.0875. The average Bonchev–Trinajstić information content (AvgIpc) is 3.12. The molecule has 0 bridgehead atoms. The van der Waals surface area contributed by atoms with E-state index in [2.05, 4.69) is 77.9 Å². The van der Waals surface area contributed by atoms with Crippen molar-refractivity contribution in [3.05, 3.63) is 12.1 Å². The maximum atomic E-state index is 2.91. The van der Waals surface area contributed by atoms with Crippen molar-refractivity contribution in [2.24, 2.45) is 0 Å². The van der Waals surface area contributed by atoms with Gasteiger partial charge in [0.25, 0.3) is 0 Å².